The third kappa shape index (κ3) is 7.49. The van der Waals surface area contributed by atoms with E-state index in [-0.39, 0.29) is 24.0 Å². The fraction of sp³-hybridized carbons (Fsp3) is 0.450. The summed E-state index contributed by atoms with van der Waals surface area (Å²) >= 11 is 0. The van der Waals surface area contributed by atoms with E-state index < -0.39 is 0 Å². The Morgan fingerprint density at radius 3 is 2.89 bits per heavy atom. The van der Waals surface area contributed by atoms with Crippen molar-refractivity contribution in [2.24, 2.45) is 4.99 Å². The lowest BCUT2D eigenvalue weighted by atomic mass is 10.1. The van der Waals surface area contributed by atoms with Crippen molar-refractivity contribution in [3.8, 4) is 5.75 Å². The molecule has 0 aliphatic heterocycles. The summed E-state index contributed by atoms with van der Waals surface area (Å²) in [4.78, 5) is 4.67. The smallest absolute Gasteiger partial charge is 0.191 e. The fourth-order valence-electron chi connectivity index (χ4n) is 2.77. The fourth-order valence-corrected chi connectivity index (χ4v) is 2.77. The highest BCUT2D eigenvalue weighted by Gasteiger charge is 2.05. The van der Waals surface area contributed by atoms with Gasteiger partial charge >= 0.3 is 0 Å². The number of guanidine groups is 1. The first kappa shape index (κ1) is 23.9. The van der Waals surface area contributed by atoms with Crippen LogP contribution < -0.4 is 15.4 Å². The van der Waals surface area contributed by atoms with Gasteiger partial charge in [-0.15, -0.1) is 40.8 Å². The van der Waals surface area contributed by atoms with Crippen LogP contribution in [-0.2, 0) is 19.4 Å². The van der Waals surface area contributed by atoms with E-state index in [0.717, 1.165) is 43.5 Å². The molecule has 0 bridgehead atoms. The van der Waals surface area contributed by atoms with Crippen LogP contribution in [0.5, 0.6) is 5.75 Å². The number of benzene rings is 1. The highest BCUT2D eigenvalue weighted by atomic mass is 127. The normalized spacial score (nSPS) is 10.9. The van der Waals surface area contributed by atoms with Gasteiger partial charge in [-0.3, -0.25) is 4.99 Å². The third-order valence-electron chi connectivity index (χ3n) is 4.16. The van der Waals surface area contributed by atoms with Crippen LogP contribution in [0.1, 0.15) is 23.9 Å². The number of rotatable bonds is 10. The van der Waals surface area contributed by atoms with Gasteiger partial charge in [-0.2, -0.15) is 0 Å². The van der Waals surface area contributed by atoms with Gasteiger partial charge in [0.15, 0.2) is 5.96 Å². The second-order valence-corrected chi connectivity index (χ2v) is 6.19. The molecule has 0 saturated heterocycles. The van der Waals surface area contributed by atoms with Crippen molar-refractivity contribution in [1.82, 2.24) is 25.4 Å². The van der Waals surface area contributed by atoms with Gasteiger partial charge in [0.2, 0.25) is 0 Å². The molecule has 0 radical (unpaired) electrons. The zero-order valence-corrected chi connectivity index (χ0v) is 19.3. The summed E-state index contributed by atoms with van der Waals surface area (Å²) in [7, 11) is 1.70. The number of methoxy groups -OCH3 is 1. The zero-order valence-electron chi connectivity index (χ0n) is 16.9. The lowest BCUT2D eigenvalue weighted by Gasteiger charge is -2.13. The molecule has 2 N–H and O–H groups in total. The van der Waals surface area contributed by atoms with Gasteiger partial charge in [0.05, 0.1) is 7.11 Å². The van der Waals surface area contributed by atoms with Crippen molar-refractivity contribution in [2.45, 2.75) is 33.2 Å². The average molecular weight is 498 g/mol. The SMILES string of the molecule is C=CCNC(=NCCc1cc(C)ccc1OC)NCCn1cnnc1CC.I. The zero-order chi connectivity index (χ0) is 19.5. The first-order valence-corrected chi connectivity index (χ1v) is 9.31. The van der Waals surface area contributed by atoms with Crippen LogP contribution in [0.2, 0.25) is 0 Å². The van der Waals surface area contributed by atoms with Crippen molar-refractivity contribution < 1.29 is 4.74 Å². The van der Waals surface area contributed by atoms with Gasteiger partial charge in [0.25, 0.3) is 0 Å². The van der Waals surface area contributed by atoms with E-state index in [1.165, 1.54) is 11.1 Å². The van der Waals surface area contributed by atoms with Gasteiger partial charge in [-0.25, -0.2) is 0 Å². The first-order chi connectivity index (χ1) is 13.2. The molecule has 0 aliphatic rings. The predicted molar refractivity (Wildman–Crippen MR) is 125 cm³/mol. The number of halogens is 1. The number of hydrogen-bond acceptors (Lipinski definition) is 4. The number of nitrogens with one attached hydrogen (secondary N) is 2. The number of aromatic nitrogens is 3. The molecule has 2 aromatic rings. The van der Waals surface area contributed by atoms with Crippen molar-refractivity contribution in [1.29, 1.82) is 0 Å². The van der Waals surface area contributed by atoms with E-state index in [1.807, 2.05) is 12.1 Å². The van der Waals surface area contributed by atoms with Gasteiger partial charge in [0, 0.05) is 32.6 Å². The van der Waals surface area contributed by atoms with Crippen LogP contribution in [0.4, 0.5) is 0 Å². The molecule has 0 saturated carbocycles. The Balaban J connectivity index is 0.00000392. The third-order valence-corrected chi connectivity index (χ3v) is 4.16. The lowest BCUT2D eigenvalue weighted by Crippen LogP contribution is -2.39. The summed E-state index contributed by atoms with van der Waals surface area (Å²) in [5, 5.41) is 14.7. The Bertz CT molecular complexity index is 759. The van der Waals surface area contributed by atoms with Crippen LogP contribution in [-0.4, -0.2) is 47.5 Å². The Morgan fingerprint density at radius 2 is 2.18 bits per heavy atom. The summed E-state index contributed by atoms with van der Waals surface area (Å²) in [5.41, 5.74) is 2.39. The monoisotopic (exact) mass is 498 g/mol. The highest BCUT2D eigenvalue weighted by Crippen LogP contribution is 2.20. The first-order valence-electron chi connectivity index (χ1n) is 9.31. The number of aryl methyl sites for hydroxylation is 2. The molecule has 1 aromatic carbocycles. The van der Waals surface area contributed by atoms with Crippen molar-refractivity contribution in [3.63, 3.8) is 0 Å². The molecule has 28 heavy (non-hydrogen) atoms. The van der Waals surface area contributed by atoms with Crippen molar-refractivity contribution in [3.05, 3.63) is 54.1 Å². The average Bonchev–Trinajstić information content (AvgIpc) is 3.13. The molecular weight excluding hydrogens is 467 g/mol. The number of hydrogen-bond donors (Lipinski definition) is 2. The van der Waals surface area contributed by atoms with E-state index in [9.17, 15) is 0 Å². The Labute approximate surface area is 184 Å². The number of aliphatic imine (C=N–C) groups is 1. The standard InChI is InChI=1S/C20H30N6O.HI/c1-5-10-21-20(23-12-13-26-15-24-25-19(26)6-2)22-11-9-17-14-16(3)7-8-18(17)27-4;/h5,7-8,14-15H,1,6,9-13H2,2-4H3,(H2,21,22,23);1H. The van der Waals surface area contributed by atoms with Gasteiger partial charge in [-0.1, -0.05) is 30.7 Å². The van der Waals surface area contributed by atoms with Crippen molar-refractivity contribution in [2.75, 3.05) is 26.7 Å². The number of nitrogens with zero attached hydrogens (tertiary/aromatic N) is 4. The maximum Gasteiger partial charge on any atom is 0.191 e. The topological polar surface area (TPSA) is 76.4 Å². The second kappa shape index (κ2) is 13.1. The summed E-state index contributed by atoms with van der Waals surface area (Å²) in [6.45, 7) is 10.8. The van der Waals surface area contributed by atoms with Crippen LogP contribution in [0.3, 0.4) is 0 Å². The van der Waals surface area contributed by atoms with Crippen LogP contribution in [0.25, 0.3) is 0 Å². The summed E-state index contributed by atoms with van der Waals surface area (Å²) in [6.07, 6.45) is 5.26. The molecular formula is C20H31IN6O. The molecule has 0 unspecified atom stereocenters. The largest absolute Gasteiger partial charge is 0.496 e. The molecule has 0 atom stereocenters. The van der Waals surface area contributed by atoms with E-state index in [2.05, 4.69) is 62.9 Å². The second-order valence-electron chi connectivity index (χ2n) is 6.19. The van der Waals surface area contributed by atoms with E-state index in [4.69, 9.17) is 4.74 Å². The van der Waals surface area contributed by atoms with Crippen molar-refractivity contribution >= 4 is 29.9 Å². The maximum atomic E-state index is 5.44. The summed E-state index contributed by atoms with van der Waals surface area (Å²) < 4.78 is 7.49. The van der Waals surface area contributed by atoms with Crippen LogP contribution >= 0.6 is 24.0 Å². The minimum atomic E-state index is 0. The Hall–Kier alpha value is -2.10. The van der Waals surface area contributed by atoms with Crippen LogP contribution in [0.15, 0.2) is 42.2 Å². The quantitative estimate of drug-likeness (QED) is 0.228. The van der Waals surface area contributed by atoms with Gasteiger partial charge < -0.3 is 19.9 Å². The summed E-state index contributed by atoms with van der Waals surface area (Å²) in [5.74, 6) is 2.66. The summed E-state index contributed by atoms with van der Waals surface area (Å²) in [6, 6.07) is 6.21. The number of ether oxygens (including phenoxy) is 1. The lowest BCUT2D eigenvalue weighted by molar-refractivity contribution is 0.409. The maximum absolute atomic E-state index is 5.44. The molecule has 1 aromatic heterocycles. The molecule has 1 heterocycles. The molecule has 0 spiro atoms. The molecule has 0 aliphatic carbocycles. The Kier molecular flexibility index (Phi) is 11.2. The highest BCUT2D eigenvalue weighted by molar-refractivity contribution is 14.0. The van der Waals surface area contributed by atoms with Crippen LogP contribution in [0, 0.1) is 6.92 Å². The van der Waals surface area contributed by atoms with E-state index in [1.54, 1.807) is 13.4 Å². The molecule has 0 amide bonds. The predicted octanol–water partition coefficient (Wildman–Crippen LogP) is 2.74. The molecule has 8 heteroatoms. The Morgan fingerprint density at radius 1 is 1.36 bits per heavy atom. The molecule has 2 rings (SSSR count). The minimum Gasteiger partial charge on any atom is -0.496 e. The van der Waals surface area contributed by atoms with Gasteiger partial charge in [0.1, 0.15) is 17.9 Å². The van der Waals surface area contributed by atoms with E-state index in [0.29, 0.717) is 13.1 Å². The minimum absolute atomic E-state index is 0. The molecule has 7 nitrogen and oxygen atoms in total. The van der Waals surface area contributed by atoms with E-state index >= 15 is 0 Å². The molecule has 0 fully saturated rings. The van der Waals surface area contributed by atoms with Gasteiger partial charge in [-0.05, 0) is 25.0 Å². The molecule has 154 valence electrons.